The molecule has 116 valence electrons. The van der Waals surface area contributed by atoms with Crippen molar-refractivity contribution >= 4 is 11.8 Å². The van der Waals surface area contributed by atoms with Crippen molar-refractivity contribution in [1.29, 1.82) is 0 Å². The van der Waals surface area contributed by atoms with Crippen LogP contribution in [0, 0.1) is 5.92 Å². The standard InChI is InChI=1S/C15H24N4O2/c1-5-10(2)13-14(20)17-11(3)15(21)19(13)9-7-12-6-8-16-18(12)4/h6,8,10-11,13H,5,7,9H2,1-4H3,(H,17,20). The molecule has 0 aromatic carbocycles. The highest BCUT2D eigenvalue weighted by molar-refractivity contribution is 5.96. The van der Waals surface area contributed by atoms with Crippen molar-refractivity contribution in [2.24, 2.45) is 13.0 Å². The Morgan fingerprint density at radius 1 is 1.43 bits per heavy atom. The number of carbonyl (C=O) groups excluding carboxylic acids is 2. The summed E-state index contributed by atoms with van der Waals surface area (Å²) >= 11 is 0. The lowest BCUT2D eigenvalue weighted by molar-refractivity contribution is -0.150. The van der Waals surface area contributed by atoms with Crippen LogP contribution in [0.15, 0.2) is 12.3 Å². The van der Waals surface area contributed by atoms with E-state index in [4.69, 9.17) is 0 Å². The molecular formula is C15H24N4O2. The summed E-state index contributed by atoms with van der Waals surface area (Å²) in [5.74, 6) is 0.108. The Hall–Kier alpha value is -1.85. The highest BCUT2D eigenvalue weighted by Crippen LogP contribution is 2.20. The van der Waals surface area contributed by atoms with Gasteiger partial charge in [0.25, 0.3) is 0 Å². The summed E-state index contributed by atoms with van der Waals surface area (Å²) in [7, 11) is 1.88. The fraction of sp³-hybridized carbons (Fsp3) is 0.667. The second-order valence-electron chi connectivity index (χ2n) is 5.79. The normalized spacial score (nSPS) is 24.1. The molecular weight excluding hydrogens is 268 g/mol. The van der Waals surface area contributed by atoms with Crippen LogP contribution in [-0.2, 0) is 23.1 Å². The van der Waals surface area contributed by atoms with Gasteiger partial charge in [0, 0.05) is 31.9 Å². The van der Waals surface area contributed by atoms with Crippen LogP contribution < -0.4 is 5.32 Å². The molecule has 3 atom stereocenters. The molecule has 1 aromatic rings. The third kappa shape index (κ3) is 3.09. The van der Waals surface area contributed by atoms with Gasteiger partial charge < -0.3 is 10.2 Å². The van der Waals surface area contributed by atoms with Gasteiger partial charge in [0.1, 0.15) is 12.1 Å². The fourth-order valence-electron chi connectivity index (χ4n) is 2.81. The van der Waals surface area contributed by atoms with Gasteiger partial charge in [-0.1, -0.05) is 20.3 Å². The number of aryl methyl sites for hydroxylation is 1. The first-order chi connectivity index (χ1) is 9.95. The number of hydrogen-bond acceptors (Lipinski definition) is 3. The van der Waals surface area contributed by atoms with Crippen molar-refractivity contribution in [2.75, 3.05) is 6.54 Å². The minimum atomic E-state index is -0.440. The molecule has 0 saturated carbocycles. The Balaban J connectivity index is 2.16. The van der Waals surface area contributed by atoms with E-state index in [9.17, 15) is 9.59 Å². The summed E-state index contributed by atoms with van der Waals surface area (Å²) in [5.41, 5.74) is 1.06. The van der Waals surface area contributed by atoms with Crippen LogP contribution in [0.2, 0.25) is 0 Å². The average Bonchev–Trinajstić information content (AvgIpc) is 2.85. The SMILES string of the molecule is CCC(C)C1C(=O)NC(C)C(=O)N1CCc1ccnn1C. The van der Waals surface area contributed by atoms with Crippen LogP contribution in [-0.4, -0.2) is 45.1 Å². The van der Waals surface area contributed by atoms with Crippen LogP contribution in [0.1, 0.15) is 32.9 Å². The van der Waals surface area contributed by atoms with E-state index in [-0.39, 0.29) is 23.8 Å². The summed E-state index contributed by atoms with van der Waals surface area (Å²) in [5, 5.41) is 6.91. The summed E-state index contributed by atoms with van der Waals surface area (Å²) in [6.07, 6.45) is 3.31. The minimum absolute atomic E-state index is 0.00192. The van der Waals surface area contributed by atoms with E-state index in [1.807, 2.05) is 27.0 Å². The molecule has 1 aromatic heterocycles. The third-order valence-electron chi connectivity index (χ3n) is 4.33. The lowest BCUT2D eigenvalue weighted by atomic mass is 9.93. The van der Waals surface area contributed by atoms with Crippen molar-refractivity contribution in [3.63, 3.8) is 0 Å². The lowest BCUT2D eigenvalue weighted by Gasteiger charge is -2.40. The van der Waals surface area contributed by atoms with Gasteiger partial charge in [-0.2, -0.15) is 5.10 Å². The summed E-state index contributed by atoms with van der Waals surface area (Å²) in [6, 6.07) is 1.13. The van der Waals surface area contributed by atoms with Crippen LogP contribution in [0.4, 0.5) is 0 Å². The topological polar surface area (TPSA) is 67.2 Å². The average molecular weight is 292 g/mol. The number of amides is 2. The molecule has 1 saturated heterocycles. The summed E-state index contributed by atoms with van der Waals surface area (Å²) in [6.45, 7) is 6.35. The number of rotatable bonds is 5. The molecule has 0 radical (unpaired) electrons. The zero-order valence-electron chi connectivity index (χ0n) is 13.2. The molecule has 2 amide bonds. The van der Waals surface area contributed by atoms with Crippen molar-refractivity contribution in [3.05, 3.63) is 18.0 Å². The molecule has 2 heterocycles. The quantitative estimate of drug-likeness (QED) is 0.870. The van der Waals surface area contributed by atoms with Gasteiger partial charge in [-0.05, 0) is 18.9 Å². The fourth-order valence-corrected chi connectivity index (χ4v) is 2.81. The summed E-state index contributed by atoms with van der Waals surface area (Å²) in [4.78, 5) is 26.4. The largest absolute Gasteiger partial charge is 0.343 e. The molecule has 21 heavy (non-hydrogen) atoms. The molecule has 1 aliphatic heterocycles. The maximum absolute atomic E-state index is 12.4. The Morgan fingerprint density at radius 3 is 2.71 bits per heavy atom. The predicted molar refractivity (Wildman–Crippen MR) is 79.5 cm³/mol. The highest BCUT2D eigenvalue weighted by Gasteiger charge is 2.40. The molecule has 3 unspecified atom stereocenters. The van der Waals surface area contributed by atoms with Crippen molar-refractivity contribution in [1.82, 2.24) is 20.0 Å². The second-order valence-corrected chi connectivity index (χ2v) is 5.79. The Kier molecular flexibility index (Phi) is 4.65. The van der Waals surface area contributed by atoms with Crippen LogP contribution in [0.5, 0.6) is 0 Å². The van der Waals surface area contributed by atoms with E-state index in [0.29, 0.717) is 13.0 Å². The highest BCUT2D eigenvalue weighted by atomic mass is 16.2. The lowest BCUT2D eigenvalue weighted by Crippen LogP contribution is -2.64. The smallest absolute Gasteiger partial charge is 0.245 e. The van der Waals surface area contributed by atoms with Gasteiger partial charge >= 0.3 is 0 Å². The molecule has 0 bridgehead atoms. The van der Waals surface area contributed by atoms with Crippen LogP contribution >= 0.6 is 0 Å². The Bertz CT molecular complexity index is 525. The van der Waals surface area contributed by atoms with Gasteiger partial charge in [0.15, 0.2) is 0 Å². The molecule has 6 heteroatoms. The van der Waals surface area contributed by atoms with Gasteiger partial charge in [-0.15, -0.1) is 0 Å². The molecule has 0 spiro atoms. The van der Waals surface area contributed by atoms with E-state index in [2.05, 4.69) is 10.4 Å². The van der Waals surface area contributed by atoms with Crippen LogP contribution in [0.25, 0.3) is 0 Å². The summed E-state index contributed by atoms with van der Waals surface area (Å²) < 4.78 is 1.80. The predicted octanol–water partition coefficient (Wildman–Crippen LogP) is 0.724. The number of piperazine rings is 1. The van der Waals surface area contributed by atoms with Gasteiger partial charge in [0.05, 0.1) is 0 Å². The minimum Gasteiger partial charge on any atom is -0.343 e. The molecule has 2 rings (SSSR count). The maximum Gasteiger partial charge on any atom is 0.245 e. The molecule has 1 aliphatic rings. The maximum atomic E-state index is 12.4. The van der Waals surface area contributed by atoms with Gasteiger partial charge in [-0.3, -0.25) is 14.3 Å². The van der Waals surface area contributed by atoms with E-state index in [0.717, 1.165) is 12.1 Å². The zero-order chi connectivity index (χ0) is 15.6. The Morgan fingerprint density at radius 2 is 2.14 bits per heavy atom. The molecule has 0 aliphatic carbocycles. The van der Waals surface area contributed by atoms with E-state index in [1.54, 1.807) is 22.7 Å². The van der Waals surface area contributed by atoms with Crippen LogP contribution in [0.3, 0.4) is 0 Å². The van der Waals surface area contributed by atoms with E-state index >= 15 is 0 Å². The van der Waals surface area contributed by atoms with E-state index < -0.39 is 6.04 Å². The van der Waals surface area contributed by atoms with Gasteiger partial charge in [-0.25, -0.2) is 0 Å². The Labute approximate surface area is 125 Å². The third-order valence-corrected chi connectivity index (χ3v) is 4.33. The first kappa shape index (κ1) is 15.5. The monoisotopic (exact) mass is 292 g/mol. The number of aromatic nitrogens is 2. The number of nitrogens with zero attached hydrogens (tertiary/aromatic N) is 3. The number of carbonyl (C=O) groups is 2. The molecule has 6 nitrogen and oxygen atoms in total. The molecule has 1 fully saturated rings. The van der Waals surface area contributed by atoms with E-state index in [1.165, 1.54) is 0 Å². The zero-order valence-corrected chi connectivity index (χ0v) is 13.2. The van der Waals surface area contributed by atoms with Gasteiger partial charge in [0.2, 0.25) is 11.8 Å². The number of nitrogens with one attached hydrogen (secondary N) is 1. The first-order valence-electron chi connectivity index (χ1n) is 7.53. The second kappa shape index (κ2) is 6.28. The molecule has 1 N–H and O–H groups in total. The van der Waals surface area contributed by atoms with Crippen molar-refractivity contribution in [2.45, 2.75) is 45.7 Å². The van der Waals surface area contributed by atoms with Crippen molar-refractivity contribution in [3.8, 4) is 0 Å². The first-order valence-corrected chi connectivity index (χ1v) is 7.53. The number of hydrogen-bond donors (Lipinski definition) is 1. The van der Waals surface area contributed by atoms with Crippen molar-refractivity contribution < 1.29 is 9.59 Å².